The van der Waals surface area contributed by atoms with E-state index in [1.165, 1.54) is 18.4 Å². The van der Waals surface area contributed by atoms with Gasteiger partial charge in [0.2, 0.25) is 0 Å². The predicted molar refractivity (Wildman–Crippen MR) is 68.6 cm³/mol. The second-order valence-corrected chi connectivity index (χ2v) is 4.87. The van der Waals surface area contributed by atoms with Crippen LogP contribution in [0.3, 0.4) is 0 Å². The topological polar surface area (TPSA) is 55.1 Å². The Morgan fingerprint density at radius 1 is 1.39 bits per heavy atom. The summed E-state index contributed by atoms with van der Waals surface area (Å²) in [5, 5.41) is 8.69. The second-order valence-electron chi connectivity index (χ2n) is 4.87. The van der Waals surface area contributed by atoms with E-state index in [-0.39, 0.29) is 6.42 Å². The van der Waals surface area contributed by atoms with E-state index in [0.29, 0.717) is 12.5 Å². The first-order chi connectivity index (χ1) is 8.75. The van der Waals surface area contributed by atoms with E-state index in [2.05, 4.69) is 15.6 Å². The van der Waals surface area contributed by atoms with Gasteiger partial charge in [-0.25, -0.2) is 4.98 Å². The van der Waals surface area contributed by atoms with Crippen molar-refractivity contribution in [3.8, 4) is 0 Å². The van der Waals surface area contributed by atoms with Gasteiger partial charge in [-0.05, 0) is 31.4 Å². The molecule has 1 fully saturated rings. The Kier molecular flexibility index (Phi) is 2.78. The molecule has 0 spiro atoms. The number of aromatic nitrogens is 2. The number of benzene rings is 1. The van der Waals surface area contributed by atoms with Crippen molar-refractivity contribution in [2.24, 2.45) is 0 Å². The number of hydrogen-bond donors (Lipinski definition) is 1. The van der Waals surface area contributed by atoms with Crippen LogP contribution in [0.4, 0.5) is 0 Å². The maximum atomic E-state index is 10.6. The molecule has 4 nitrogen and oxygen atoms in total. The zero-order chi connectivity index (χ0) is 12.5. The molecule has 1 aliphatic rings. The molecule has 1 saturated carbocycles. The molecule has 0 amide bonds. The number of imidazole rings is 1. The fraction of sp³-hybridized carbons (Fsp3) is 0.429. The summed E-state index contributed by atoms with van der Waals surface area (Å²) in [6.07, 6.45) is 4.05. The number of carboxylic acids is 1. The normalized spacial score (nSPS) is 15.1. The van der Waals surface area contributed by atoms with Crippen molar-refractivity contribution < 1.29 is 9.90 Å². The SMILES string of the molecule is O=C(O)CCCc1nc2ccccc2n1C1CC1. The molecule has 0 atom stereocenters. The molecule has 94 valence electrons. The minimum absolute atomic E-state index is 0.216. The molecule has 2 aromatic rings. The standard InChI is InChI=1S/C14H16N2O2/c17-14(18)7-3-6-13-15-11-4-1-2-5-12(11)16(13)10-8-9-10/h1-2,4-5,10H,3,6-9H2,(H,17,18). The van der Waals surface area contributed by atoms with Crippen molar-refractivity contribution in [3.63, 3.8) is 0 Å². The zero-order valence-electron chi connectivity index (χ0n) is 10.2. The lowest BCUT2D eigenvalue weighted by Gasteiger charge is -2.06. The summed E-state index contributed by atoms with van der Waals surface area (Å²) in [7, 11) is 0. The van der Waals surface area contributed by atoms with Crippen LogP contribution in [-0.4, -0.2) is 20.6 Å². The first kappa shape index (κ1) is 11.3. The molecule has 1 aromatic carbocycles. The highest BCUT2D eigenvalue weighted by Gasteiger charge is 2.27. The van der Waals surface area contributed by atoms with E-state index in [1.54, 1.807) is 0 Å². The molecule has 4 heteroatoms. The Hall–Kier alpha value is -1.84. The molecule has 0 unspecified atom stereocenters. The Morgan fingerprint density at radius 3 is 2.89 bits per heavy atom. The van der Waals surface area contributed by atoms with Crippen LogP contribution in [0.2, 0.25) is 0 Å². The molecule has 18 heavy (non-hydrogen) atoms. The number of carboxylic acid groups (broad SMARTS) is 1. The molecule has 1 aromatic heterocycles. The number of aliphatic carboxylic acids is 1. The van der Waals surface area contributed by atoms with E-state index in [4.69, 9.17) is 5.11 Å². The van der Waals surface area contributed by atoms with Crippen LogP contribution in [0.5, 0.6) is 0 Å². The van der Waals surface area contributed by atoms with E-state index in [1.807, 2.05) is 18.2 Å². The van der Waals surface area contributed by atoms with Gasteiger partial charge in [0.25, 0.3) is 0 Å². The van der Waals surface area contributed by atoms with E-state index in [0.717, 1.165) is 17.8 Å². The third-order valence-electron chi connectivity index (χ3n) is 3.37. The number of fused-ring (bicyclic) bond motifs is 1. The maximum Gasteiger partial charge on any atom is 0.303 e. The Balaban J connectivity index is 1.90. The van der Waals surface area contributed by atoms with Crippen molar-refractivity contribution in [3.05, 3.63) is 30.1 Å². The van der Waals surface area contributed by atoms with Crippen molar-refractivity contribution in [1.82, 2.24) is 9.55 Å². The third-order valence-corrected chi connectivity index (χ3v) is 3.37. The van der Waals surface area contributed by atoms with Crippen molar-refractivity contribution in [2.75, 3.05) is 0 Å². The summed E-state index contributed by atoms with van der Waals surface area (Å²) < 4.78 is 2.30. The van der Waals surface area contributed by atoms with Crippen LogP contribution in [0.1, 0.15) is 37.5 Å². The molecular formula is C14H16N2O2. The number of rotatable bonds is 5. The lowest BCUT2D eigenvalue weighted by Crippen LogP contribution is -2.03. The average Bonchev–Trinajstić information content (AvgIpc) is 3.10. The lowest BCUT2D eigenvalue weighted by atomic mass is 10.2. The third kappa shape index (κ3) is 2.10. The quantitative estimate of drug-likeness (QED) is 0.879. The van der Waals surface area contributed by atoms with Crippen LogP contribution in [0.25, 0.3) is 11.0 Å². The Morgan fingerprint density at radius 2 is 2.17 bits per heavy atom. The van der Waals surface area contributed by atoms with Gasteiger partial charge in [0.1, 0.15) is 5.82 Å². The van der Waals surface area contributed by atoms with Gasteiger partial charge in [0.15, 0.2) is 0 Å². The highest BCUT2D eigenvalue weighted by Crippen LogP contribution is 2.38. The molecule has 0 bridgehead atoms. The lowest BCUT2D eigenvalue weighted by molar-refractivity contribution is -0.137. The Labute approximate surface area is 105 Å². The van der Waals surface area contributed by atoms with E-state index < -0.39 is 5.97 Å². The van der Waals surface area contributed by atoms with Crippen LogP contribution >= 0.6 is 0 Å². The largest absolute Gasteiger partial charge is 0.481 e. The van der Waals surface area contributed by atoms with Crippen molar-refractivity contribution >= 4 is 17.0 Å². The molecule has 3 rings (SSSR count). The summed E-state index contributed by atoms with van der Waals surface area (Å²) in [5.41, 5.74) is 2.21. The molecule has 1 heterocycles. The first-order valence-electron chi connectivity index (χ1n) is 6.43. The summed E-state index contributed by atoms with van der Waals surface area (Å²) >= 11 is 0. The number of hydrogen-bond acceptors (Lipinski definition) is 2. The van der Waals surface area contributed by atoms with E-state index in [9.17, 15) is 4.79 Å². The molecule has 1 N–H and O–H groups in total. The first-order valence-corrected chi connectivity index (χ1v) is 6.43. The monoisotopic (exact) mass is 244 g/mol. The zero-order valence-corrected chi connectivity index (χ0v) is 10.2. The summed E-state index contributed by atoms with van der Waals surface area (Å²) in [6, 6.07) is 8.73. The van der Waals surface area contributed by atoms with Gasteiger partial charge in [-0.1, -0.05) is 12.1 Å². The van der Waals surface area contributed by atoms with Gasteiger partial charge < -0.3 is 9.67 Å². The molecular weight excluding hydrogens is 228 g/mol. The average molecular weight is 244 g/mol. The van der Waals surface area contributed by atoms with Gasteiger partial charge in [0, 0.05) is 18.9 Å². The van der Waals surface area contributed by atoms with E-state index >= 15 is 0 Å². The van der Waals surface area contributed by atoms with Crippen LogP contribution in [-0.2, 0) is 11.2 Å². The summed E-state index contributed by atoms with van der Waals surface area (Å²) in [6.45, 7) is 0. The van der Waals surface area contributed by atoms with Gasteiger partial charge >= 0.3 is 5.97 Å². The van der Waals surface area contributed by atoms with Crippen LogP contribution in [0, 0.1) is 0 Å². The summed E-state index contributed by atoms with van der Waals surface area (Å²) in [5.74, 6) is 0.309. The van der Waals surface area contributed by atoms with Crippen LogP contribution in [0.15, 0.2) is 24.3 Å². The number of carbonyl (C=O) groups is 1. The minimum atomic E-state index is -0.732. The fourth-order valence-electron chi connectivity index (χ4n) is 2.41. The number of para-hydroxylation sites is 2. The molecule has 1 aliphatic carbocycles. The van der Waals surface area contributed by atoms with Gasteiger partial charge in [-0.2, -0.15) is 0 Å². The molecule has 0 radical (unpaired) electrons. The number of nitrogens with zero attached hydrogens (tertiary/aromatic N) is 2. The summed E-state index contributed by atoms with van der Waals surface area (Å²) in [4.78, 5) is 15.2. The highest BCUT2D eigenvalue weighted by molar-refractivity contribution is 5.76. The smallest absolute Gasteiger partial charge is 0.303 e. The second kappa shape index (κ2) is 4.44. The van der Waals surface area contributed by atoms with Crippen LogP contribution < -0.4 is 0 Å². The molecule has 0 saturated heterocycles. The molecule has 0 aliphatic heterocycles. The van der Waals surface area contributed by atoms with Gasteiger partial charge in [-0.15, -0.1) is 0 Å². The van der Waals surface area contributed by atoms with Gasteiger partial charge in [-0.3, -0.25) is 4.79 Å². The Bertz CT molecular complexity index is 584. The predicted octanol–water partition coefficient (Wildman–Crippen LogP) is 2.78. The van der Waals surface area contributed by atoms with Crippen molar-refractivity contribution in [1.29, 1.82) is 0 Å². The van der Waals surface area contributed by atoms with Crippen molar-refractivity contribution in [2.45, 2.75) is 38.1 Å². The maximum absolute atomic E-state index is 10.6. The highest BCUT2D eigenvalue weighted by atomic mass is 16.4. The fourth-order valence-corrected chi connectivity index (χ4v) is 2.41. The van der Waals surface area contributed by atoms with Gasteiger partial charge in [0.05, 0.1) is 11.0 Å². The minimum Gasteiger partial charge on any atom is -0.481 e. The number of aryl methyl sites for hydroxylation is 1.